The quantitative estimate of drug-likeness (QED) is 0.651. The number of hydrogen-bond acceptors (Lipinski definition) is 5. The molecule has 0 unspecified atom stereocenters. The van der Waals surface area contributed by atoms with Crippen LogP contribution in [0, 0.1) is 0 Å². The Bertz CT molecular complexity index is 951. The fourth-order valence-corrected chi connectivity index (χ4v) is 3.74. The van der Waals surface area contributed by atoms with Gasteiger partial charge in [0.2, 0.25) is 0 Å². The summed E-state index contributed by atoms with van der Waals surface area (Å²) in [7, 11) is -2.26. The number of carbonyl (C=O) groups is 1. The molecule has 0 aliphatic rings. The third kappa shape index (κ3) is 5.24. The number of aromatic nitrogens is 1. The molecule has 0 bridgehead atoms. The van der Waals surface area contributed by atoms with Crippen molar-refractivity contribution in [3.05, 3.63) is 46.1 Å². The maximum atomic E-state index is 12.7. The van der Waals surface area contributed by atoms with E-state index in [0.29, 0.717) is 12.4 Å². The molecule has 1 aromatic carbocycles. The molecule has 0 fully saturated rings. The second kappa shape index (κ2) is 8.77. The Morgan fingerprint density at radius 3 is 2.56 bits per heavy atom. The van der Waals surface area contributed by atoms with Crippen LogP contribution in [-0.2, 0) is 10.0 Å². The third-order valence-corrected chi connectivity index (χ3v) is 5.87. The molecule has 0 spiro atoms. The number of nitrogens with one attached hydrogen (secondary N) is 1. The van der Waals surface area contributed by atoms with Gasteiger partial charge >= 0.3 is 5.97 Å². The van der Waals surface area contributed by atoms with E-state index >= 15 is 0 Å². The van der Waals surface area contributed by atoms with E-state index in [1.807, 2.05) is 6.92 Å². The lowest BCUT2D eigenvalue weighted by Crippen LogP contribution is -2.23. The summed E-state index contributed by atoms with van der Waals surface area (Å²) < 4.78 is 27.9. The Kier molecular flexibility index (Phi) is 6.91. The van der Waals surface area contributed by atoms with Gasteiger partial charge in [0.25, 0.3) is 10.0 Å². The Balaban J connectivity index is 2.46. The van der Waals surface area contributed by atoms with Crippen LogP contribution < -0.4 is 9.62 Å². The fraction of sp³-hybridized carbons (Fsp3) is 0.294. The van der Waals surface area contributed by atoms with E-state index in [9.17, 15) is 18.3 Å². The summed E-state index contributed by atoms with van der Waals surface area (Å²) in [5.41, 5.74) is -0.0611. The highest BCUT2D eigenvalue weighted by Gasteiger charge is 2.21. The van der Waals surface area contributed by atoms with Crippen LogP contribution >= 0.6 is 23.2 Å². The van der Waals surface area contributed by atoms with E-state index in [-0.39, 0.29) is 26.2 Å². The van der Waals surface area contributed by atoms with Gasteiger partial charge < -0.3 is 10.0 Å². The summed E-state index contributed by atoms with van der Waals surface area (Å²) >= 11 is 11.7. The first-order valence-corrected chi connectivity index (χ1v) is 10.3. The predicted octanol–water partition coefficient (Wildman–Crippen LogP) is 4.12. The molecule has 2 N–H and O–H groups in total. The number of unbranched alkanes of at least 4 members (excludes halogenated alkanes) is 1. The number of sulfonamides is 1. The van der Waals surface area contributed by atoms with Gasteiger partial charge in [0.05, 0.1) is 26.2 Å². The topological polar surface area (TPSA) is 99.6 Å². The number of rotatable bonds is 8. The van der Waals surface area contributed by atoms with Crippen LogP contribution in [0.25, 0.3) is 0 Å². The Labute approximate surface area is 168 Å². The van der Waals surface area contributed by atoms with E-state index in [4.69, 9.17) is 23.2 Å². The third-order valence-electron chi connectivity index (χ3n) is 3.77. The van der Waals surface area contributed by atoms with Crippen LogP contribution in [0.5, 0.6) is 0 Å². The Morgan fingerprint density at radius 1 is 1.26 bits per heavy atom. The first kappa shape index (κ1) is 21.3. The van der Waals surface area contributed by atoms with Crippen LogP contribution in [0.4, 0.5) is 11.5 Å². The van der Waals surface area contributed by atoms with Gasteiger partial charge in [-0.2, -0.15) is 0 Å². The van der Waals surface area contributed by atoms with Crippen molar-refractivity contribution in [1.29, 1.82) is 0 Å². The second-order valence-corrected chi connectivity index (χ2v) is 8.35. The standard InChI is InChI=1S/C17H19Cl2N3O4S/c1-3-4-7-22(2)16-15(8-11(10-20-16)17(23)24)21-27(25,26)12-5-6-13(18)14(19)9-12/h5-6,8-10,21H,3-4,7H2,1-2H3,(H,23,24). The van der Waals surface area contributed by atoms with Gasteiger partial charge in [-0.25, -0.2) is 18.2 Å². The minimum atomic E-state index is -4.02. The lowest BCUT2D eigenvalue weighted by molar-refractivity contribution is 0.0696. The highest BCUT2D eigenvalue weighted by molar-refractivity contribution is 7.92. The maximum Gasteiger partial charge on any atom is 0.337 e. The van der Waals surface area contributed by atoms with Crippen LogP contribution in [-0.4, -0.2) is 38.1 Å². The van der Waals surface area contributed by atoms with Crippen molar-refractivity contribution in [2.75, 3.05) is 23.2 Å². The molecule has 10 heteroatoms. The summed E-state index contributed by atoms with van der Waals surface area (Å²) in [4.78, 5) is 17.1. The number of benzene rings is 1. The van der Waals surface area contributed by atoms with Crippen molar-refractivity contribution >= 4 is 50.7 Å². The van der Waals surface area contributed by atoms with Crippen molar-refractivity contribution in [2.45, 2.75) is 24.7 Å². The lowest BCUT2D eigenvalue weighted by Gasteiger charge is -2.22. The van der Waals surface area contributed by atoms with E-state index in [1.165, 1.54) is 30.5 Å². The zero-order valence-corrected chi connectivity index (χ0v) is 17.1. The lowest BCUT2D eigenvalue weighted by atomic mass is 10.2. The summed E-state index contributed by atoms with van der Waals surface area (Å²) in [6, 6.07) is 5.15. The maximum absolute atomic E-state index is 12.7. The monoisotopic (exact) mass is 431 g/mol. The largest absolute Gasteiger partial charge is 0.478 e. The van der Waals surface area contributed by atoms with Gasteiger partial charge in [0, 0.05) is 19.8 Å². The summed E-state index contributed by atoms with van der Waals surface area (Å²) in [6.07, 6.45) is 3.01. The van der Waals surface area contributed by atoms with Crippen molar-refractivity contribution < 1.29 is 18.3 Å². The number of halogens is 2. The van der Waals surface area contributed by atoms with Gasteiger partial charge in [-0.15, -0.1) is 0 Å². The number of anilines is 2. The molecule has 1 heterocycles. The molecule has 2 aromatic rings. The fourth-order valence-electron chi connectivity index (χ4n) is 2.30. The molecule has 0 atom stereocenters. The second-order valence-electron chi connectivity index (χ2n) is 5.86. The zero-order chi connectivity index (χ0) is 20.2. The number of carboxylic acids is 1. The van der Waals surface area contributed by atoms with E-state index in [0.717, 1.165) is 12.8 Å². The highest BCUT2D eigenvalue weighted by atomic mass is 35.5. The van der Waals surface area contributed by atoms with Crippen LogP contribution in [0.1, 0.15) is 30.1 Å². The molecule has 1 aromatic heterocycles. The van der Waals surface area contributed by atoms with E-state index < -0.39 is 16.0 Å². The highest BCUT2D eigenvalue weighted by Crippen LogP contribution is 2.29. The molecule has 2 rings (SSSR count). The molecule has 0 aliphatic carbocycles. The molecule has 0 aliphatic heterocycles. The minimum Gasteiger partial charge on any atom is -0.478 e. The van der Waals surface area contributed by atoms with Gasteiger partial charge in [0.1, 0.15) is 0 Å². The normalized spacial score (nSPS) is 11.3. The number of hydrogen-bond donors (Lipinski definition) is 2. The predicted molar refractivity (Wildman–Crippen MR) is 107 cm³/mol. The molecule has 7 nitrogen and oxygen atoms in total. The SMILES string of the molecule is CCCCN(C)c1ncc(C(=O)O)cc1NS(=O)(=O)c1ccc(Cl)c(Cl)c1. The average Bonchev–Trinajstić information content (AvgIpc) is 2.61. The molecular formula is C17H19Cl2N3O4S. The van der Waals surface area contributed by atoms with Crippen molar-refractivity contribution in [3.63, 3.8) is 0 Å². The van der Waals surface area contributed by atoms with Gasteiger partial charge in [-0.3, -0.25) is 4.72 Å². The number of aromatic carboxylic acids is 1. The van der Waals surface area contributed by atoms with Crippen LogP contribution in [0.3, 0.4) is 0 Å². The molecule has 0 amide bonds. The summed E-state index contributed by atoms with van der Waals surface area (Å²) in [5, 5.41) is 9.52. The van der Waals surface area contributed by atoms with Gasteiger partial charge in [-0.05, 0) is 30.7 Å². The number of nitrogens with zero attached hydrogens (tertiary/aromatic N) is 2. The van der Waals surface area contributed by atoms with Gasteiger partial charge in [-0.1, -0.05) is 36.5 Å². The van der Waals surface area contributed by atoms with E-state index in [1.54, 1.807) is 11.9 Å². The first-order valence-electron chi connectivity index (χ1n) is 8.08. The zero-order valence-electron chi connectivity index (χ0n) is 14.7. The van der Waals surface area contributed by atoms with Crippen molar-refractivity contribution in [1.82, 2.24) is 4.98 Å². The molecule has 0 radical (unpaired) electrons. The van der Waals surface area contributed by atoms with Crippen molar-refractivity contribution in [2.24, 2.45) is 0 Å². The Morgan fingerprint density at radius 2 is 1.96 bits per heavy atom. The minimum absolute atomic E-state index is 0.0691. The molecule has 27 heavy (non-hydrogen) atoms. The molecule has 0 saturated heterocycles. The molecule has 146 valence electrons. The van der Waals surface area contributed by atoms with Crippen LogP contribution in [0.15, 0.2) is 35.4 Å². The first-order chi connectivity index (χ1) is 12.7. The number of carboxylic acid groups (broad SMARTS) is 1. The van der Waals surface area contributed by atoms with Crippen molar-refractivity contribution in [3.8, 4) is 0 Å². The smallest absolute Gasteiger partial charge is 0.337 e. The van der Waals surface area contributed by atoms with Gasteiger partial charge in [0.15, 0.2) is 5.82 Å². The molecule has 0 saturated carbocycles. The number of pyridine rings is 1. The Hall–Kier alpha value is -2.03. The summed E-state index contributed by atoms with van der Waals surface area (Å²) in [6.45, 7) is 2.67. The van der Waals surface area contributed by atoms with E-state index in [2.05, 4.69) is 9.71 Å². The molecular weight excluding hydrogens is 413 g/mol. The summed E-state index contributed by atoms with van der Waals surface area (Å²) in [5.74, 6) is -0.877. The average molecular weight is 432 g/mol. The van der Waals surface area contributed by atoms with Crippen LogP contribution in [0.2, 0.25) is 10.0 Å².